The first-order valence-corrected chi connectivity index (χ1v) is 10.7. The highest BCUT2D eigenvalue weighted by Crippen LogP contribution is 2.38. The van der Waals surface area contributed by atoms with Gasteiger partial charge in [0, 0.05) is 5.02 Å². The van der Waals surface area contributed by atoms with Crippen LogP contribution in [-0.2, 0) is 17.8 Å². The van der Waals surface area contributed by atoms with Gasteiger partial charge in [0.05, 0.1) is 30.0 Å². The molecule has 1 aliphatic heterocycles. The number of nitrogens with zero attached hydrogens (tertiary/aromatic N) is 1. The molecule has 2 aromatic carbocycles. The smallest absolute Gasteiger partial charge is 0.289 e. The molecule has 0 bridgehead atoms. The first kappa shape index (κ1) is 21.0. The Bertz CT molecular complexity index is 891. The van der Waals surface area contributed by atoms with Crippen LogP contribution in [0.15, 0.2) is 40.9 Å². The van der Waals surface area contributed by atoms with Gasteiger partial charge in [-0.3, -0.25) is 14.5 Å². The predicted molar refractivity (Wildman–Crippen MR) is 114 cm³/mol. The van der Waals surface area contributed by atoms with Crippen molar-refractivity contribution in [1.82, 2.24) is 4.90 Å². The van der Waals surface area contributed by atoms with E-state index in [9.17, 15) is 9.59 Å². The van der Waals surface area contributed by atoms with E-state index in [-0.39, 0.29) is 17.7 Å². The van der Waals surface area contributed by atoms with Gasteiger partial charge in [-0.2, -0.15) is 0 Å². The topological polar surface area (TPSA) is 55.8 Å². The van der Waals surface area contributed by atoms with Crippen molar-refractivity contribution in [1.29, 1.82) is 0 Å². The molecule has 1 saturated heterocycles. The van der Waals surface area contributed by atoms with Gasteiger partial charge in [0.25, 0.3) is 5.24 Å². The average Bonchev–Trinajstić information content (AvgIpc) is 2.91. The molecular weight excluding hydrogens is 466 g/mol. The van der Waals surface area contributed by atoms with Gasteiger partial charge >= 0.3 is 0 Å². The quantitative estimate of drug-likeness (QED) is 0.532. The van der Waals surface area contributed by atoms with E-state index in [0.717, 1.165) is 27.4 Å². The zero-order valence-electron chi connectivity index (χ0n) is 15.4. The molecule has 0 aliphatic carbocycles. The summed E-state index contributed by atoms with van der Waals surface area (Å²) in [6, 6.07) is 10.9. The lowest BCUT2D eigenvalue weighted by molar-refractivity contribution is -0.127. The summed E-state index contributed by atoms with van der Waals surface area (Å²) >= 11 is 10.4. The highest BCUT2D eigenvalue weighted by atomic mass is 79.9. The van der Waals surface area contributed by atoms with Crippen LogP contribution in [-0.4, -0.2) is 35.0 Å². The van der Waals surface area contributed by atoms with Gasteiger partial charge in [0.2, 0.25) is 5.91 Å². The lowest BCUT2D eigenvalue weighted by Gasteiger charge is -2.15. The number of hydrogen-bond donors (Lipinski definition) is 0. The molecule has 2 aromatic rings. The third-order valence-electron chi connectivity index (χ3n) is 4.25. The Labute approximate surface area is 181 Å². The Morgan fingerprint density at radius 3 is 2.54 bits per heavy atom. The van der Waals surface area contributed by atoms with E-state index in [0.29, 0.717) is 29.5 Å². The molecule has 0 saturated carbocycles. The largest absolute Gasteiger partial charge is 0.492 e. The van der Waals surface area contributed by atoms with Crippen LogP contribution in [0.2, 0.25) is 5.02 Å². The van der Waals surface area contributed by atoms with E-state index in [1.165, 1.54) is 4.90 Å². The van der Waals surface area contributed by atoms with E-state index < -0.39 is 5.25 Å². The standard InChI is InChI=1S/C20H19BrClNO4S/c1-3-27-16-9-13(8-15(21)18(16)26-2)10-17-19(24)23(20(25)28-17)11-12-4-6-14(22)7-5-12/h4-9,17H,3,10-11H2,1-2H3/t17-/m0/s1. The first-order valence-electron chi connectivity index (χ1n) is 8.68. The number of thioether (sulfide) groups is 1. The lowest BCUT2D eigenvalue weighted by atomic mass is 10.1. The second-order valence-corrected chi connectivity index (χ2v) is 8.61. The summed E-state index contributed by atoms with van der Waals surface area (Å²) in [7, 11) is 1.58. The van der Waals surface area contributed by atoms with E-state index >= 15 is 0 Å². The number of carbonyl (C=O) groups is 2. The molecule has 2 amide bonds. The molecule has 1 fully saturated rings. The minimum absolute atomic E-state index is 0.185. The Morgan fingerprint density at radius 1 is 1.18 bits per heavy atom. The Kier molecular flexibility index (Phi) is 6.91. The number of carbonyl (C=O) groups excluding carboxylic acids is 2. The van der Waals surface area contributed by atoms with Crippen LogP contribution in [0, 0.1) is 0 Å². The molecule has 5 nitrogen and oxygen atoms in total. The van der Waals surface area contributed by atoms with Crippen molar-refractivity contribution in [2.24, 2.45) is 0 Å². The van der Waals surface area contributed by atoms with Crippen LogP contribution >= 0.6 is 39.3 Å². The number of hydrogen-bond acceptors (Lipinski definition) is 5. The summed E-state index contributed by atoms with van der Waals surface area (Å²) in [5, 5.41) is -0.0811. The zero-order chi connectivity index (χ0) is 20.3. The van der Waals surface area contributed by atoms with Gasteiger partial charge in [-0.15, -0.1) is 0 Å². The van der Waals surface area contributed by atoms with E-state index in [1.54, 1.807) is 19.2 Å². The van der Waals surface area contributed by atoms with Gasteiger partial charge in [0.15, 0.2) is 11.5 Å². The fourth-order valence-electron chi connectivity index (χ4n) is 2.96. The molecule has 28 heavy (non-hydrogen) atoms. The predicted octanol–water partition coefficient (Wildman–Crippen LogP) is 5.32. The van der Waals surface area contributed by atoms with Crippen molar-refractivity contribution >= 4 is 50.4 Å². The number of imide groups is 1. The molecule has 1 atom stereocenters. The van der Waals surface area contributed by atoms with Crippen LogP contribution in [0.4, 0.5) is 4.79 Å². The van der Waals surface area contributed by atoms with Gasteiger partial charge in [0.1, 0.15) is 0 Å². The number of benzene rings is 2. The van der Waals surface area contributed by atoms with Gasteiger partial charge in [-0.1, -0.05) is 35.5 Å². The average molecular weight is 485 g/mol. The molecule has 0 aromatic heterocycles. The molecule has 1 aliphatic rings. The first-order chi connectivity index (χ1) is 13.4. The number of rotatable bonds is 7. The van der Waals surface area contributed by atoms with Crippen molar-refractivity contribution < 1.29 is 19.1 Å². The molecule has 3 rings (SSSR count). The van der Waals surface area contributed by atoms with E-state index in [1.807, 2.05) is 31.2 Å². The summed E-state index contributed by atoms with van der Waals surface area (Å²) in [6.07, 6.45) is 0.426. The molecule has 1 heterocycles. The van der Waals surface area contributed by atoms with Crippen LogP contribution < -0.4 is 9.47 Å². The fourth-order valence-corrected chi connectivity index (χ4v) is 4.76. The van der Waals surface area contributed by atoms with Crippen molar-refractivity contribution in [3.05, 3.63) is 57.0 Å². The molecular formula is C20H19BrClNO4S. The van der Waals surface area contributed by atoms with Gasteiger partial charge in [-0.25, -0.2) is 0 Å². The van der Waals surface area contributed by atoms with Crippen molar-refractivity contribution in [2.75, 3.05) is 13.7 Å². The van der Waals surface area contributed by atoms with Gasteiger partial charge < -0.3 is 9.47 Å². The van der Waals surface area contributed by atoms with E-state index in [2.05, 4.69) is 15.9 Å². The number of halogens is 2. The van der Waals surface area contributed by atoms with Gasteiger partial charge in [-0.05, 0) is 64.7 Å². The summed E-state index contributed by atoms with van der Waals surface area (Å²) in [6.45, 7) is 2.63. The van der Waals surface area contributed by atoms with Crippen molar-refractivity contribution in [2.45, 2.75) is 25.1 Å². The van der Waals surface area contributed by atoms with Crippen LogP contribution in [0.1, 0.15) is 18.1 Å². The minimum atomic E-state index is -0.463. The minimum Gasteiger partial charge on any atom is -0.492 e. The van der Waals surface area contributed by atoms with Crippen LogP contribution in [0.3, 0.4) is 0 Å². The second kappa shape index (κ2) is 9.20. The normalized spacial score (nSPS) is 16.6. The van der Waals surface area contributed by atoms with Crippen LogP contribution in [0.25, 0.3) is 0 Å². The lowest BCUT2D eigenvalue weighted by Crippen LogP contribution is -2.31. The Morgan fingerprint density at radius 2 is 1.89 bits per heavy atom. The number of amides is 2. The highest BCUT2D eigenvalue weighted by molar-refractivity contribution is 9.10. The monoisotopic (exact) mass is 483 g/mol. The maximum atomic E-state index is 12.8. The Hall–Kier alpha value is -1.70. The van der Waals surface area contributed by atoms with Crippen molar-refractivity contribution in [3.63, 3.8) is 0 Å². The second-order valence-electron chi connectivity index (χ2n) is 6.17. The summed E-state index contributed by atoms with van der Waals surface area (Å²) < 4.78 is 11.8. The third kappa shape index (κ3) is 4.64. The maximum Gasteiger partial charge on any atom is 0.289 e. The summed E-state index contributed by atoms with van der Waals surface area (Å²) in [4.78, 5) is 26.5. The number of methoxy groups -OCH3 is 1. The molecule has 8 heteroatoms. The number of ether oxygens (including phenoxy) is 2. The highest BCUT2D eigenvalue weighted by Gasteiger charge is 2.39. The Balaban J connectivity index is 1.75. The molecule has 0 unspecified atom stereocenters. The third-order valence-corrected chi connectivity index (χ3v) is 6.17. The SMILES string of the molecule is CCOc1cc(C[C@@H]2SC(=O)N(Cc3ccc(Cl)cc3)C2=O)cc(Br)c1OC. The van der Waals surface area contributed by atoms with E-state index in [4.69, 9.17) is 21.1 Å². The fraction of sp³-hybridized carbons (Fsp3) is 0.300. The summed E-state index contributed by atoms with van der Waals surface area (Å²) in [5.41, 5.74) is 1.75. The van der Waals surface area contributed by atoms with Crippen LogP contribution in [0.5, 0.6) is 11.5 Å². The zero-order valence-corrected chi connectivity index (χ0v) is 18.6. The molecule has 0 spiro atoms. The maximum absolute atomic E-state index is 12.8. The summed E-state index contributed by atoms with van der Waals surface area (Å²) in [5.74, 6) is 1.03. The molecule has 148 valence electrons. The molecule has 0 N–H and O–H groups in total. The molecule has 0 radical (unpaired) electrons. The van der Waals surface area contributed by atoms with Crippen molar-refractivity contribution in [3.8, 4) is 11.5 Å².